The van der Waals surface area contributed by atoms with E-state index < -0.39 is 17.5 Å². The minimum Gasteiger partial charge on any atom is -0.494 e. The maximum atomic E-state index is 13.8. The highest BCUT2D eigenvalue weighted by atomic mass is 32.1. The molecular weight excluding hydrogens is 753 g/mol. The number of anilines is 2. The van der Waals surface area contributed by atoms with Gasteiger partial charge in [0.25, 0.3) is 5.91 Å². The Balaban J connectivity index is 1.05. The number of benzene rings is 3. The lowest BCUT2D eigenvalue weighted by atomic mass is 9.94. The van der Waals surface area contributed by atoms with Crippen LogP contribution in [-0.4, -0.2) is 99.7 Å². The summed E-state index contributed by atoms with van der Waals surface area (Å²) in [5.74, 6) is -0.144. The van der Waals surface area contributed by atoms with Gasteiger partial charge < -0.3 is 24.4 Å². The Bertz CT molecular complexity index is 2280. The van der Waals surface area contributed by atoms with Crippen molar-refractivity contribution in [2.75, 3.05) is 49.5 Å². The monoisotopic (exact) mass is 804 g/mol. The number of aryl methyl sites for hydroxylation is 1. The van der Waals surface area contributed by atoms with Gasteiger partial charge in [0, 0.05) is 55.9 Å². The minimum atomic E-state index is -0.792. The second-order valence-electron chi connectivity index (χ2n) is 16.3. The molecule has 3 aromatic carbocycles. The summed E-state index contributed by atoms with van der Waals surface area (Å²) in [5.41, 5.74) is 5.42. The third-order valence-corrected chi connectivity index (χ3v) is 11.7. The number of carboxylic acids is 1. The first kappa shape index (κ1) is 40.8. The number of rotatable bonds is 12. The van der Waals surface area contributed by atoms with E-state index >= 15 is 0 Å². The van der Waals surface area contributed by atoms with Crippen molar-refractivity contribution in [1.82, 2.24) is 19.8 Å². The maximum Gasteiger partial charge on any atom is 0.358 e. The molecule has 0 saturated carbocycles. The summed E-state index contributed by atoms with van der Waals surface area (Å²) in [6, 6.07) is 23.7. The molecule has 1 amide bonds. The van der Waals surface area contributed by atoms with Gasteiger partial charge in [-0.3, -0.25) is 19.8 Å². The van der Waals surface area contributed by atoms with Crippen LogP contribution in [0.2, 0.25) is 0 Å². The number of aliphatic carboxylic acids is 1. The molecule has 5 aromatic rings. The van der Waals surface area contributed by atoms with Gasteiger partial charge in [0.2, 0.25) is 0 Å². The molecule has 0 bridgehead atoms. The van der Waals surface area contributed by atoms with Crippen molar-refractivity contribution in [3.05, 3.63) is 101 Å². The van der Waals surface area contributed by atoms with Gasteiger partial charge in [-0.25, -0.2) is 14.8 Å². The van der Waals surface area contributed by atoms with Crippen molar-refractivity contribution >= 4 is 50.3 Å². The van der Waals surface area contributed by atoms with Gasteiger partial charge in [-0.15, -0.1) is 0 Å². The Morgan fingerprint density at radius 3 is 2.43 bits per heavy atom. The molecule has 1 fully saturated rings. The Morgan fingerprint density at radius 1 is 0.948 bits per heavy atom. The number of piperazine rings is 1. The van der Waals surface area contributed by atoms with Crippen LogP contribution in [0.3, 0.4) is 0 Å². The van der Waals surface area contributed by atoms with Crippen molar-refractivity contribution in [2.45, 2.75) is 78.6 Å². The average molecular weight is 805 g/mol. The number of ether oxygens (including phenoxy) is 2. The smallest absolute Gasteiger partial charge is 0.358 e. The molecule has 58 heavy (non-hydrogen) atoms. The highest BCUT2D eigenvalue weighted by Gasteiger charge is 2.31. The number of carbonyl (C=O) groups is 3. The number of esters is 1. The topological polar surface area (TPSA) is 137 Å². The molecule has 2 atom stereocenters. The van der Waals surface area contributed by atoms with Crippen molar-refractivity contribution in [2.24, 2.45) is 0 Å². The van der Waals surface area contributed by atoms with Gasteiger partial charge in [0.1, 0.15) is 17.2 Å². The first-order valence-corrected chi connectivity index (χ1v) is 20.7. The molecule has 12 nitrogen and oxygen atoms in total. The van der Waals surface area contributed by atoms with Crippen LogP contribution in [0.5, 0.6) is 5.75 Å². The van der Waals surface area contributed by atoms with Crippen LogP contribution in [0.15, 0.2) is 72.8 Å². The zero-order valence-electron chi connectivity index (χ0n) is 34.1. The number of amides is 1. The van der Waals surface area contributed by atoms with Crippen molar-refractivity contribution in [1.29, 1.82) is 0 Å². The van der Waals surface area contributed by atoms with E-state index in [1.54, 1.807) is 0 Å². The average Bonchev–Trinajstić information content (AvgIpc) is 3.59. The third kappa shape index (κ3) is 9.49. The zero-order valence-corrected chi connectivity index (χ0v) is 34.9. The van der Waals surface area contributed by atoms with E-state index in [0.717, 1.165) is 64.3 Å². The number of hydrogen-bond donors (Lipinski definition) is 2. The quantitative estimate of drug-likeness (QED) is 0.0949. The number of nitrogens with one attached hydrogen (secondary N) is 1. The highest BCUT2D eigenvalue weighted by Crippen LogP contribution is 2.34. The fourth-order valence-corrected chi connectivity index (χ4v) is 8.89. The van der Waals surface area contributed by atoms with Crippen LogP contribution >= 0.6 is 11.3 Å². The van der Waals surface area contributed by atoms with Gasteiger partial charge in [-0.2, -0.15) is 0 Å². The standard InChI is InChI=1S/C45H52N6O6S/c1-28-23-32(56-22-10-20-49-24-29(2)51(27-40(52)53)30(3)25-49)15-16-33(28)34-17-18-39(47-41(34)43(55)57-45(4,5)6)50-21-19-31-11-9-12-35(36(31)26-50)42(54)48-44-46-37-13-7-8-14-38(37)58-44/h7-9,11-18,23,29-30H,10,19-22,24-27H2,1-6H3,(H,52,53)(H,46,48,54)/t29-,30+. The predicted molar refractivity (Wildman–Crippen MR) is 228 cm³/mol. The van der Waals surface area contributed by atoms with E-state index in [1.807, 2.05) is 99.3 Å². The number of hydrogen-bond acceptors (Lipinski definition) is 11. The lowest BCUT2D eigenvalue weighted by Gasteiger charge is -2.43. The molecule has 13 heteroatoms. The Labute approximate surface area is 343 Å². The molecule has 0 unspecified atom stereocenters. The number of pyridine rings is 1. The summed E-state index contributed by atoms with van der Waals surface area (Å²) >= 11 is 1.44. The number of fused-ring (bicyclic) bond motifs is 2. The van der Waals surface area contributed by atoms with Crippen LogP contribution in [0.4, 0.5) is 10.9 Å². The third-order valence-electron chi connectivity index (χ3n) is 10.7. The molecule has 1 saturated heterocycles. The van der Waals surface area contributed by atoms with E-state index in [1.165, 1.54) is 11.3 Å². The second kappa shape index (κ2) is 17.2. The van der Waals surface area contributed by atoms with E-state index in [0.29, 0.717) is 48.2 Å². The van der Waals surface area contributed by atoms with Crippen LogP contribution in [0.25, 0.3) is 21.3 Å². The lowest BCUT2D eigenvalue weighted by molar-refractivity contribution is -0.140. The number of thiazole rings is 1. The minimum absolute atomic E-state index is 0.0667. The summed E-state index contributed by atoms with van der Waals surface area (Å²) in [6.45, 7) is 15.9. The first-order valence-electron chi connectivity index (χ1n) is 19.9. The van der Waals surface area contributed by atoms with E-state index in [9.17, 15) is 19.5 Å². The zero-order chi connectivity index (χ0) is 41.1. The molecule has 0 aliphatic carbocycles. The fourth-order valence-electron chi connectivity index (χ4n) is 8.03. The number of nitrogens with zero attached hydrogens (tertiary/aromatic N) is 5. The second-order valence-corrected chi connectivity index (χ2v) is 17.4. The normalized spacial score (nSPS) is 17.5. The molecule has 4 heterocycles. The number of carbonyl (C=O) groups excluding carboxylic acids is 2. The summed E-state index contributed by atoms with van der Waals surface area (Å²) in [5, 5.41) is 12.8. The van der Waals surface area contributed by atoms with Gasteiger partial charge >= 0.3 is 11.9 Å². The largest absolute Gasteiger partial charge is 0.494 e. The van der Waals surface area contributed by atoms with Crippen LogP contribution < -0.4 is 15.0 Å². The molecule has 2 aliphatic rings. The SMILES string of the molecule is Cc1cc(OCCCN2C[C@@H](C)N(CC(=O)O)[C@@H](C)C2)ccc1-c1ccc(N2CCc3cccc(C(=O)Nc4nc5ccccc5s4)c3C2)nc1C(=O)OC(C)(C)C. The van der Waals surface area contributed by atoms with E-state index in [4.69, 9.17) is 14.5 Å². The highest BCUT2D eigenvalue weighted by molar-refractivity contribution is 7.22. The van der Waals surface area contributed by atoms with Gasteiger partial charge in [0.15, 0.2) is 10.8 Å². The van der Waals surface area contributed by atoms with Gasteiger partial charge in [-0.1, -0.05) is 41.7 Å². The molecular formula is C45H52N6O6S. The Hall–Kier alpha value is -5.37. The van der Waals surface area contributed by atoms with Crippen molar-refractivity contribution < 1.29 is 29.0 Å². The van der Waals surface area contributed by atoms with Crippen molar-refractivity contribution in [3.8, 4) is 16.9 Å². The van der Waals surface area contributed by atoms with Gasteiger partial charge in [0.05, 0.1) is 23.4 Å². The molecule has 2 N–H and O–H groups in total. The summed E-state index contributed by atoms with van der Waals surface area (Å²) in [6.07, 6.45) is 1.55. The molecule has 2 aliphatic heterocycles. The Morgan fingerprint density at radius 2 is 1.71 bits per heavy atom. The molecule has 2 aromatic heterocycles. The Kier molecular flexibility index (Phi) is 12.1. The van der Waals surface area contributed by atoms with Crippen LogP contribution in [-0.2, 0) is 22.5 Å². The van der Waals surface area contributed by atoms with Crippen molar-refractivity contribution in [3.63, 3.8) is 0 Å². The molecule has 0 radical (unpaired) electrons. The lowest BCUT2D eigenvalue weighted by Crippen LogP contribution is -2.57. The number of carboxylic acid groups (broad SMARTS) is 1. The number of aromatic nitrogens is 2. The van der Waals surface area contributed by atoms with Gasteiger partial charge in [-0.05, 0) is 119 Å². The molecule has 0 spiro atoms. The van der Waals surface area contributed by atoms with E-state index in [2.05, 4.69) is 40.0 Å². The first-order chi connectivity index (χ1) is 27.7. The summed E-state index contributed by atoms with van der Waals surface area (Å²) in [7, 11) is 0. The maximum absolute atomic E-state index is 13.8. The van der Waals surface area contributed by atoms with E-state index in [-0.39, 0.29) is 30.2 Å². The fraction of sp³-hybridized carbons (Fsp3) is 0.400. The summed E-state index contributed by atoms with van der Waals surface area (Å²) < 4.78 is 13.1. The molecule has 7 rings (SSSR count). The summed E-state index contributed by atoms with van der Waals surface area (Å²) in [4.78, 5) is 54.9. The van der Waals surface area contributed by atoms with Crippen LogP contribution in [0.1, 0.15) is 78.6 Å². The molecule has 304 valence electrons. The number of para-hydroxylation sites is 1. The van der Waals surface area contributed by atoms with Crippen LogP contribution in [0, 0.1) is 6.92 Å². The predicted octanol–water partition coefficient (Wildman–Crippen LogP) is 7.69.